The highest BCUT2D eigenvalue weighted by Gasteiger charge is 2.23. The minimum atomic E-state index is -0.294. The predicted molar refractivity (Wildman–Crippen MR) is 125 cm³/mol. The molecule has 0 bridgehead atoms. The molecule has 0 aliphatic rings. The number of ketones is 1. The molecule has 0 saturated carbocycles. The van der Waals surface area contributed by atoms with Crippen LogP contribution < -0.4 is 4.74 Å². The SMILES string of the molecule is CCN(CCC(C)c1nc(COc2ccc(-n3cnnn3)cc2)cs1)CC(=O)C(C)(C)C. The average Bonchev–Trinajstić information content (AvgIpc) is 3.47. The van der Waals surface area contributed by atoms with Gasteiger partial charge >= 0.3 is 0 Å². The van der Waals surface area contributed by atoms with Crippen molar-refractivity contribution in [3.63, 3.8) is 0 Å². The highest BCUT2D eigenvalue weighted by atomic mass is 32.1. The van der Waals surface area contributed by atoms with Crippen molar-refractivity contribution in [3.05, 3.63) is 46.7 Å². The lowest BCUT2D eigenvalue weighted by Gasteiger charge is -2.25. The van der Waals surface area contributed by atoms with Gasteiger partial charge in [0, 0.05) is 16.7 Å². The highest BCUT2D eigenvalue weighted by molar-refractivity contribution is 7.09. The van der Waals surface area contributed by atoms with Crippen LogP contribution >= 0.6 is 11.3 Å². The molecule has 0 fully saturated rings. The molecule has 0 saturated heterocycles. The number of nitrogens with zero attached hydrogens (tertiary/aromatic N) is 6. The van der Waals surface area contributed by atoms with Crippen LogP contribution in [0.5, 0.6) is 5.75 Å². The minimum Gasteiger partial charge on any atom is -0.487 e. The number of carbonyl (C=O) groups is 1. The lowest BCUT2D eigenvalue weighted by molar-refractivity contribution is -0.127. The Morgan fingerprint density at radius 2 is 2.00 bits per heavy atom. The van der Waals surface area contributed by atoms with Crippen molar-refractivity contribution in [2.45, 2.75) is 53.6 Å². The molecule has 0 aliphatic heterocycles. The van der Waals surface area contributed by atoms with Crippen LogP contribution in [-0.2, 0) is 11.4 Å². The van der Waals surface area contributed by atoms with E-state index in [4.69, 9.17) is 9.72 Å². The Hall–Kier alpha value is -2.65. The van der Waals surface area contributed by atoms with E-state index in [1.807, 2.05) is 45.0 Å². The Kier molecular flexibility index (Phi) is 8.09. The van der Waals surface area contributed by atoms with Gasteiger partial charge in [-0.05, 0) is 54.2 Å². The number of tetrazole rings is 1. The number of hydrogen-bond donors (Lipinski definition) is 0. The van der Waals surface area contributed by atoms with Crippen molar-refractivity contribution in [1.29, 1.82) is 0 Å². The van der Waals surface area contributed by atoms with Crippen LogP contribution in [0.2, 0.25) is 0 Å². The van der Waals surface area contributed by atoms with Crippen molar-refractivity contribution in [2.75, 3.05) is 19.6 Å². The molecular weight excluding hydrogens is 424 g/mol. The third-order valence-corrected chi connectivity index (χ3v) is 6.48. The summed E-state index contributed by atoms with van der Waals surface area (Å²) in [5, 5.41) is 14.3. The third-order valence-electron chi connectivity index (χ3n) is 5.36. The molecule has 0 spiro atoms. The molecule has 172 valence electrons. The van der Waals surface area contributed by atoms with Crippen LogP contribution in [0.4, 0.5) is 0 Å². The fourth-order valence-electron chi connectivity index (χ4n) is 3.04. The van der Waals surface area contributed by atoms with E-state index in [2.05, 4.69) is 39.7 Å². The number of thiazole rings is 1. The second-order valence-electron chi connectivity index (χ2n) is 8.95. The molecule has 2 aromatic heterocycles. The quantitative estimate of drug-likeness (QED) is 0.429. The van der Waals surface area contributed by atoms with Crippen LogP contribution in [-0.4, -0.2) is 55.5 Å². The van der Waals surface area contributed by atoms with Crippen molar-refractivity contribution in [1.82, 2.24) is 30.1 Å². The molecule has 1 unspecified atom stereocenters. The first-order chi connectivity index (χ1) is 15.3. The van der Waals surface area contributed by atoms with Crippen molar-refractivity contribution in [3.8, 4) is 11.4 Å². The van der Waals surface area contributed by atoms with Gasteiger partial charge in [0.25, 0.3) is 0 Å². The molecule has 8 nitrogen and oxygen atoms in total. The summed E-state index contributed by atoms with van der Waals surface area (Å²) in [5.74, 6) is 1.39. The van der Waals surface area contributed by atoms with E-state index in [1.54, 1.807) is 22.3 Å². The van der Waals surface area contributed by atoms with E-state index >= 15 is 0 Å². The number of likely N-dealkylation sites (N-methyl/N-ethyl adjacent to an activating group) is 1. The lowest BCUT2D eigenvalue weighted by atomic mass is 9.90. The number of benzene rings is 1. The maximum absolute atomic E-state index is 12.3. The highest BCUT2D eigenvalue weighted by Crippen LogP contribution is 2.25. The standard InChI is InChI=1S/C23H32N6O2S/c1-6-28(13-21(30)23(3,4)5)12-11-17(2)22-25-18(15-32-22)14-31-20-9-7-19(8-10-20)29-16-24-26-27-29/h7-10,15-17H,6,11-14H2,1-5H3. The number of hydrogen-bond acceptors (Lipinski definition) is 8. The molecule has 3 rings (SSSR count). The van der Waals surface area contributed by atoms with Crippen molar-refractivity contribution in [2.24, 2.45) is 5.41 Å². The molecule has 0 radical (unpaired) electrons. The first kappa shape index (κ1) is 24.0. The van der Waals surface area contributed by atoms with E-state index in [0.29, 0.717) is 19.1 Å². The molecule has 3 aromatic rings. The van der Waals surface area contributed by atoms with E-state index in [-0.39, 0.29) is 11.2 Å². The summed E-state index contributed by atoms with van der Waals surface area (Å²) in [6.45, 7) is 12.9. The molecule has 9 heteroatoms. The second-order valence-corrected chi connectivity index (χ2v) is 9.84. The molecule has 32 heavy (non-hydrogen) atoms. The summed E-state index contributed by atoms with van der Waals surface area (Å²) in [5.41, 5.74) is 1.51. The zero-order valence-corrected chi connectivity index (χ0v) is 20.3. The molecule has 0 aliphatic carbocycles. The van der Waals surface area contributed by atoms with Gasteiger partial charge in [-0.2, -0.15) is 0 Å². The Bertz CT molecular complexity index is 979. The van der Waals surface area contributed by atoms with Crippen molar-refractivity contribution >= 4 is 17.1 Å². The zero-order chi connectivity index (χ0) is 23.1. The molecular formula is C23H32N6O2S. The summed E-state index contributed by atoms with van der Waals surface area (Å²) in [6, 6.07) is 7.60. The maximum Gasteiger partial charge on any atom is 0.152 e. The topological polar surface area (TPSA) is 86.0 Å². The van der Waals surface area contributed by atoms with E-state index in [9.17, 15) is 4.79 Å². The lowest BCUT2D eigenvalue weighted by Crippen LogP contribution is -2.36. The summed E-state index contributed by atoms with van der Waals surface area (Å²) in [7, 11) is 0. The number of rotatable bonds is 11. The van der Waals surface area contributed by atoms with Gasteiger partial charge in [0.05, 0.1) is 22.9 Å². The summed E-state index contributed by atoms with van der Waals surface area (Å²) < 4.78 is 7.48. The molecule has 1 atom stereocenters. The number of Topliss-reactive ketones (excluding diaryl/α,β-unsaturated/α-hetero) is 1. The molecule has 2 heterocycles. The Morgan fingerprint density at radius 3 is 2.62 bits per heavy atom. The number of ether oxygens (including phenoxy) is 1. The molecule has 0 N–H and O–H groups in total. The van der Waals surface area contributed by atoms with Gasteiger partial charge in [0.15, 0.2) is 5.78 Å². The van der Waals surface area contributed by atoms with Gasteiger partial charge < -0.3 is 4.74 Å². The summed E-state index contributed by atoms with van der Waals surface area (Å²) in [4.78, 5) is 19.3. The Balaban J connectivity index is 1.47. The number of aromatic nitrogens is 5. The smallest absolute Gasteiger partial charge is 0.152 e. The van der Waals surface area contributed by atoms with Gasteiger partial charge in [-0.15, -0.1) is 16.4 Å². The van der Waals surface area contributed by atoms with Crippen LogP contribution in [0.15, 0.2) is 36.0 Å². The summed E-state index contributed by atoms with van der Waals surface area (Å²) in [6.07, 6.45) is 2.52. The zero-order valence-electron chi connectivity index (χ0n) is 19.5. The first-order valence-electron chi connectivity index (χ1n) is 10.9. The van der Waals surface area contributed by atoms with Gasteiger partial charge in [0.2, 0.25) is 0 Å². The van der Waals surface area contributed by atoms with E-state index in [0.717, 1.165) is 41.6 Å². The van der Waals surface area contributed by atoms with Crippen LogP contribution in [0.25, 0.3) is 5.69 Å². The Labute approximate surface area is 193 Å². The molecule has 1 aromatic carbocycles. The first-order valence-corrected chi connectivity index (χ1v) is 11.8. The van der Waals surface area contributed by atoms with Gasteiger partial charge in [-0.3, -0.25) is 9.69 Å². The number of carbonyl (C=O) groups excluding carboxylic acids is 1. The summed E-state index contributed by atoms with van der Waals surface area (Å²) >= 11 is 1.67. The Morgan fingerprint density at radius 1 is 1.25 bits per heavy atom. The monoisotopic (exact) mass is 456 g/mol. The van der Waals surface area contributed by atoms with Crippen molar-refractivity contribution < 1.29 is 9.53 Å². The van der Waals surface area contributed by atoms with Crippen LogP contribution in [0.1, 0.15) is 57.7 Å². The predicted octanol–water partition coefficient (Wildman–Crippen LogP) is 4.13. The van der Waals surface area contributed by atoms with Gasteiger partial charge in [-0.25, -0.2) is 9.67 Å². The maximum atomic E-state index is 12.3. The largest absolute Gasteiger partial charge is 0.487 e. The minimum absolute atomic E-state index is 0.284. The third kappa shape index (κ3) is 6.67. The van der Waals surface area contributed by atoms with E-state index < -0.39 is 0 Å². The average molecular weight is 457 g/mol. The fraction of sp³-hybridized carbons (Fsp3) is 0.522. The van der Waals surface area contributed by atoms with Gasteiger partial charge in [-0.1, -0.05) is 34.6 Å². The normalized spacial score (nSPS) is 12.8. The molecule has 0 amide bonds. The fourth-order valence-corrected chi connectivity index (χ4v) is 3.93. The van der Waals surface area contributed by atoms with Gasteiger partial charge in [0.1, 0.15) is 18.7 Å². The van der Waals surface area contributed by atoms with E-state index in [1.165, 1.54) is 0 Å². The van der Waals surface area contributed by atoms with Crippen LogP contribution in [0, 0.1) is 5.41 Å². The second kappa shape index (κ2) is 10.8. The van der Waals surface area contributed by atoms with Crippen LogP contribution in [0.3, 0.4) is 0 Å².